The van der Waals surface area contributed by atoms with Crippen molar-refractivity contribution >= 4 is 44.8 Å². The second-order valence-corrected chi connectivity index (χ2v) is 8.88. The lowest BCUT2D eigenvalue weighted by Gasteiger charge is -2.24. The van der Waals surface area contributed by atoms with E-state index in [4.69, 9.17) is 27.9 Å². The number of benzene rings is 2. The molecule has 0 aromatic heterocycles. The van der Waals surface area contributed by atoms with E-state index in [2.05, 4.69) is 5.32 Å². The molecule has 6 nitrogen and oxygen atoms in total. The van der Waals surface area contributed by atoms with Gasteiger partial charge in [-0.2, -0.15) is 0 Å². The van der Waals surface area contributed by atoms with E-state index in [0.717, 1.165) is 10.6 Å². The van der Waals surface area contributed by atoms with Crippen LogP contribution in [0.5, 0.6) is 5.75 Å². The van der Waals surface area contributed by atoms with Crippen molar-refractivity contribution in [2.45, 2.75) is 12.8 Å². The summed E-state index contributed by atoms with van der Waals surface area (Å²) in [6.45, 7) is 0.548. The fourth-order valence-corrected chi connectivity index (χ4v) is 4.22. The number of rotatable bonds is 10. The number of carbonyl (C=O) groups excluding carboxylic acids is 1. The minimum atomic E-state index is -3.63. The van der Waals surface area contributed by atoms with Crippen LogP contribution < -0.4 is 14.4 Å². The largest absolute Gasteiger partial charge is 0.492 e. The molecule has 0 spiro atoms. The van der Waals surface area contributed by atoms with Crippen molar-refractivity contribution in [1.82, 2.24) is 5.32 Å². The maximum Gasteiger partial charge on any atom is 0.232 e. The summed E-state index contributed by atoms with van der Waals surface area (Å²) < 4.78 is 43.6. The molecule has 0 saturated heterocycles. The molecule has 158 valence electrons. The van der Waals surface area contributed by atoms with Gasteiger partial charge in [0, 0.05) is 13.0 Å². The number of hydrogen-bond acceptors (Lipinski definition) is 4. The number of nitrogens with one attached hydrogen (secondary N) is 1. The van der Waals surface area contributed by atoms with E-state index in [1.54, 1.807) is 18.2 Å². The summed E-state index contributed by atoms with van der Waals surface area (Å²) in [5, 5.41) is 3.11. The molecule has 1 amide bonds. The van der Waals surface area contributed by atoms with Gasteiger partial charge in [-0.15, -0.1) is 0 Å². The Balaban J connectivity index is 1.80. The molecular formula is C19H21Cl2FN2O4S. The van der Waals surface area contributed by atoms with E-state index in [-0.39, 0.29) is 60.0 Å². The Morgan fingerprint density at radius 1 is 1.14 bits per heavy atom. The Morgan fingerprint density at radius 2 is 1.76 bits per heavy atom. The number of halogens is 3. The Hall–Kier alpha value is -2.03. The van der Waals surface area contributed by atoms with Crippen LogP contribution in [-0.4, -0.2) is 40.3 Å². The summed E-state index contributed by atoms with van der Waals surface area (Å²) in [4.78, 5) is 12.0. The van der Waals surface area contributed by atoms with Crippen LogP contribution in [0.2, 0.25) is 10.0 Å². The third-order valence-electron chi connectivity index (χ3n) is 3.86. The Kier molecular flexibility index (Phi) is 8.55. The van der Waals surface area contributed by atoms with Crippen molar-refractivity contribution in [2.24, 2.45) is 0 Å². The van der Waals surface area contributed by atoms with Crippen molar-refractivity contribution in [1.29, 1.82) is 0 Å². The molecule has 0 aliphatic heterocycles. The first-order valence-corrected chi connectivity index (χ1v) is 11.4. The monoisotopic (exact) mass is 462 g/mol. The average molecular weight is 463 g/mol. The lowest BCUT2D eigenvalue weighted by atomic mass is 10.2. The van der Waals surface area contributed by atoms with Crippen molar-refractivity contribution in [3.05, 3.63) is 58.3 Å². The molecular weight excluding hydrogens is 442 g/mol. The number of hydrogen-bond donors (Lipinski definition) is 1. The Morgan fingerprint density at radius 3 is 2.34 bits per heavy atom. The summed E-state index contributed by atoms with van der Waals surface area (Å²) in [5.41, 5.74) is 0.200. The van der Waals surface area contributed by atoms with Gasteiger partial charge in [0.05, 0.1) is 28.5 Å². The third kappa shape index (κ3) is 7.38. The van der Waals surface area contributed by atoms with E-state index in [9.17, 15) is 17.6 Å². The van der Waals surface area contributed by atoms with Gasteiger partial charge in [0.1, 0.15) is 18.2 Å². The van der Waals surface area contributed by atoms with Crippen LogP contribution in [-0.2, 0) is 14.8 Å². The number of anilines is 1. The number of ether oxygens (including phenoxy) is 1. The second kappa shape index (κ2) is 10.7. The smallest absolute Gasteiger partial charge is 0.232 e. The summed E-state index contributed by atoms with van der Waals surface area (Å²) in [5.74, 6) is -0.0978. The van der Waals surface area contributed by atoms with Gasteiger partial charge in [0.2, 0.25) is 15.9 Å². The highest BCUT2D eigenvalue weighted by Crippen LogP contribution is 2.35. The summed E-state index contributed by atoms with van der Waals surface area (Å²) in [7, 11) is -3.63. The average Bonchev–Trinajstić information content (AvgIpc) is 2.64. The van der Waals surface area contributed by atoms with E-state index < -0.39 is 10.0 Å². The highest BCUT2D eigenvalue weighted by atomic mass is 35.5. The van der Waals surface area contributed by atoms with Gasteiger partial charge >= 0.3 is 0 Å². The Bertz CT molecular complexity index is 919. The quantitative estimate of drug-likeness (QED) is 0.543. The van der Waals surface area contributed by atoms with E-state index in [1.807, 2.05) is 0 Å². The van der Waals surface area contributed by atoms with Crippen molar-refractivity contribution < 1.29 is 22.3 Å². The van der Waals surface area contributed by atoms with Crippen LogP contribution in [0.25, 0.3) is 0 Å². The minimum Gasteiger partial charge on any atom is -0.492 e. The van der Waals surface area contributed by atoms with Gasteiger partial charge < -0.3 is 10.1 Å². The van der Waals surface area contributed by atoms with Crippen molar-refractivity contribution in [3.8, 4) is 5.75 Å². The maximum absolute atomic E-state index is 12.8. The first-order valence-electron chi connectivity index (χ1n) is 8.75. The standard InChI is InChI=1S/C19H21Cl2FN2O4S/c1-29(26,27)24(19-16(20)4-2-5-17(19)21)12-3-6-18(25)23-11-13-28-15-9-7-14(22)8-10-15/h2,4-5,7-10H,3,6,11-13H2,1H3,(H,23,25). The molecule has 2 rings (SSSR count). The van der Waals surface area contributed by atoms with Gasteiger partial charge in [0.15, 0.2) is 0 Å². The molecule has 0 radical (unpaired) electrons. The van der Waals surface area contributed by atoms with Gasteiger partial charge in [-0.05, 0) is 42.8 Å². The highest BCUT2D eigenvalue weighted by Gasteiger charge is 2.22. The SMILES string of the molecule is CS(=O)(=O)N(CCCC(=O)NCCOc1ccc(F)cc1)c1c(Cl)cccc1Cl. The topological polar surface area (TPSA) is 75.7 Å². The van der Waals surface area contributed by atoms with E-state index in [0.29, 0.717) is 5.75 Å². The summed E-state index contributed by atoms with van der Waals surface area (Å²) >= 11 is 12.2. The first-order chi connectivity index (χ1) is 13.7. The molecule has 10 heteroatoms. The van der Waals surface area contributed by atoms with Crippen LogP contribution in [0.1, 0.15) is 12.8 Å². The molecule has 0 saturated carbocycles. The summed E-state index contributed by atoms with van der Waals surface area (Å²) in [6.07, 6.45) is 1.45. The fourth-order valence-electron chi connectivity index (χ4n) is 2.53. The number of sulfonamides is 1. The number of para-hydroxylation sites is 1. The molecule has 0 heterocycles. The van der Waals surface area contributed by atoms with Crippen LogP contribution >= 0.6 is 23.2 Å². The predicted molar refractivity (Wildman–Crippen MR) is 113 cm³/mol. The van der Waals surface area contributed by atoms with Crippen molar-refractivity contribution in [3.63, 3.8) is 0 Å². The van der Waals surface area contributed by atoms with E-state index >= 15 is 0 Å². The van der Waals surface area contributed by atoms with Gasteiger partial charge in [-0.1, -0.05) is 29.3 Å². The van der Waals surface area contributed by atoms with Crippen molar-refractivity contribution in [2.75, 3.05) is 30.3 Å². The molecule has 0 bridgehead atoms. The Labute approximate surface area is 179 Å². The number of amides is 1. The molecule has 0 aliphatic rings. The number of carbonyl (C=O) groups is 1. The molecule has 2 aromatic carbocycles. The zero-order valence-corrected chi connectivity index (χ0v) is 18.0. The lowest BCUT2D eigenvalue weighted by Crippen LogP contribution is -2.33. The van der Waals surface area contributed by atoms with Crippen LogP contribution in [0.4, 0.5) is 10.1 Å². The summed E-state index contributed by atoms with van der Waals surface area (Å²) in [6, 6.07) is 10.3. The van der Waals surface area contributed by atoms with Crippen LogP contribution in [0, 0.1) is 5.82 Å². The minimum absolute atomic E-state index is 0.0573. The molecule has 0 aliphatic carbocycles. The molecule has 1 N–H and O–H groups in total. The normalized spacial score (nSPS) is 11.2. The predicted octanol–water partition coefficient (Wildman–Crippen LogP) is 3.87. The van der Waals surface area contributed by atoms with Gasteiger partial charge in [-0.25, -0.2) is 12.8 Å². The third-order valence-corrected chi connectivity index (χ3v) is 5.63. The highest BCUT2D eigenvalue weighted by molar-refractivity contribution is 7.92. The van der Waals surface area contributed by atoms with Crippen LogP contribution in [0.3, 0.4) is 0 Å². The van der Waals surface area contributed by atoms with E-state index in [1.165, 1.54) is 24.3 Å². The van der Waals surface area contributed by atoms with Crippen LogP contribution in [0.15, 0.2) is 42.5 Å². The zero-order valence-electron chi connectivity index (χ0n) is 15.7. The zero-order chi connectivity index (χ0) is 21.4. The lowest BCUT2D eigenvalue weighted by molar-refractivity contribution is -0.121. The molecule has 0 atom stereocenters. The molecule has 0 unspecified atom stereocenters. The number of nitrogens with zero attached hydrogens (tertiary/aromatic N) is 1. The molecule has 0 fully saturated rings. The van der Waals surface area contributed by atoms with Gasteiger partial charge in [0.25, 0.3) is 0 Å². The maximum atomic E-state index is 12.8. The molecule has 29 heavy (non-hydrogen) atoms. The molecule has 2 aromatic rings. The van der Waals surface area contributed by atoms with Gasteiger partial charge in [-0.3, -0.25) is 9.10 Å². The second-order valence-electron chi connectivity index (χ2n) is 6.16. The fraction of sp³-hybridized carbons (Fsp3) is 0.316. The first kappa shape index (κ1) is 23.3.